The molecule has 0 saturated carbocycles. The second-order valence-electron chi connectivity index (χ2n) is 9.37. The lowest BCUT2D eigenvalue weighted by atomic mass is 9.95. The van der Waals surface area contributed by atoms with Gasteiger partial charge in [-0.3, -0.25) is 0 Å². The van der Waals surface area contributed by atoms with Gasteiger partial charge in [0.05, 0.1) is 0 Å². The number of anilines is 2. The lowest BCUT2D eigenvalue weighted by Crippen LogP contribution is -2.31. The Morgan fingerprint density at radius 3 is 1.17 bits per heavy atom. The quantitative estimate of drug-likeness (QED) is 0.340. The van der Waals surface area contributed by atoms with Crippen LogP contribution >= 0.6 is 0 Å². The zero-order valence-corrected chi connectivity index (χ0v) is 19.4. The van der Waals surface area contributed by atoms with E-state index >= 15 is 0 Å². The van der Waals surface area contributed by atoms with Crippen LogP contribution in [0.2, 0.25) is 0 Å². The highest BCUT2D eigenvalue weighted by Crippen LogP contribution is 2.36. The second kappa shape index (κ2) is 7.80. The number of nitrogens with zero attached hydrogens (tertiary/aromatic N) is 6. The highest BCUT2D eigenvalue weighted by atomic mass is 15.2. The average Bonchev–Trinajstić information content (AvgIpc) is 2.93. The fourth-order valence-electron chi connectivity index (χ4n) is 5.77. The zero-order chi connectivity index (χ0) is 24.2. The Balaban J connectivity index is 1.30. The van der Waals surface area contributed by atoms with Gasteiger partial charge < -0.3 is 9.80 Å². The zero-order valence-electron chi connectivity index (χ0n) is 19.4. The van der Waals surface area contributed by atoms with Gasteiger partial charge in [0, 0.05) is 26.2 Å². The van der Waals surface area contributed by atoms with Gasteiger partial charge in [-0.15, -0.1) is 0 Å². The van der Waals surface area contributed by atoms with E-state index in [1.165, 1.54) is 43.8 Å². The van der Waals surface area contributed by atoms with Crippen LogP contribution < -0.4 is 9.80 Å². The van der Waals surface area contributed by atoms with Crippen LogP contribution in [0.1, 0.15) is 33.6 Å². The van der Waals surface area contributed by atoms with Crippen molar-refractivity contribution in [1.29, 1.82) is 10.5 Å². The number of hydrogen-bond acceptors (Lipinski definition) is 6. The summed E-state index contributed by atoms with van der Waals surface area (Å²) in [6.07, 6.45) is 0. The van der Waals surface area contributed by atoms with Gasteiger partial charge in [-0.25, -0.2) is 9.97 Å². The number of nitriles is 2. The summed E-state index contributed by atoms with van der Waals surface area (Å²) in [5.41, 5.74) is 5.22. The Morgan fingerprint density at radius 1 is 0.528 bits per heavy atom. The van der Waals surface area contributed by atoms with Gasteiger partial charge in [0.1, 0.15) is 12.1 Å². The molecule has 170 valence electrons. The summed E-state index contributed by atoms with van der Waals surface area (Å²) >= 11 is 0. The molecule has 0 bridgehead atoms. The highest BCUT2D eigenvalue weighted by molar-refractivity contribution is 5.91. The van der Waals surface area contributed by atoms with Crippen molar-refractivity contribution in [3.05, 3.63) is 106 Å². The van der Waals surface area contributed by atoms with Crippen LogP contribution in [0.4, 0.5) is 11.6 Å². The molecule has 0 atom stereocenters. The molecule has 0 amide bonds. The normalized spacial score (nSPS) is 14.1. The van der Waals surface area contributed by atoms with Crippen LogP contribution in [-0.4, -0.2) is 9.97 Å². The molecule has 3 heterocycles. The summed E-state index contributed by atoms with van der Waals surface area (Å²) < 4.78 is 0. The van der Waals surface area contributed by atoms with E-state index in [1.54, 1.807) is 0 Å². The number of hydrogen-bond donors (Lipinski definition) is 0. The van der Waals surface area contributed by atoms with Crippen LogP contribution in [0.15, 0.2) is 72.8 Å². The molecule has 0 aliphatic carbocycles. The Bertz CT molecular complexity index is 1580. The largest absolute Gasteiger partial charge is 0.345 e. The Labute approximate surface area is 208 Å². The van der Waals surface area contributed by atoms with Crippen molar-refractivity contribution < 1.29 is 0 Å². The molecule has 0 spiro atoms. The van der Waals surface area contributed by atoms with Crippen molar-refractivity contribution in [2.75, 3.05) is 9.80 Å². The molecule has 2 aliphatic rings. The summed E-state index contributed by atoms with van der Waals surface area (Å²) in [6, 6.07) is 29.7. The van der Waals surface area contributed by atoms with E-state index in [-0.39, 0.29) is 11.4 Å². The number of rotatable bonds is 2. The van der Waals surface area contributed by atoms with Crippen LogP contribution in [0, 0.1) is 22.7 Å². The first-order chi connectivity index (χ1) is 17.7. The first-order valence-electron chi connectivity index (χ1n) is 11.9. The molecule has 6 nitrogen and oxygen atoms in total. The van der Waals surface area contributed by atoms with E-state index < -0.39 is 0 Å². The molecule has 5 aromatic rings. The van der Waals surface area contributed by atoms with Crippen molar-refractivity contribution in [2.24, 2.45) is 0 Å². The molecule has 6 heteroatoms. The van der Waals surface area contributed by atoms with Gasteiger partial charge in [0.25, 0.3) is 0 Å². The third-order valence-corrected chi connectivity index (χ3v) is 7.27. The SMILES string of the molecule is N#Cc1nc(N2Cc3cccc4cccc(c34)C2)c(C#N)nc1N1Cc2cccc3cccc(c23)C1. The van der Waals surface area contributed by atoms with Gasteiger partial charge in [-0.05, 0) is 43.8 Å². The van der Waals surface area contributed by atoms with Gasteiger partial charge >= 0.3 is 0 Å². The molecule has 0 N–H and O–H groups in total. The van der Waals surface area contributed by atoms with Gasteiger partial charge in [0.2, 0.25) is 0 Å². The highest BCUT2D eigenvalue weighted by Gasteiger charge is 2.27. The topological polar surface area (TPSA) is 79.8 Å². The lowest BCUT2D eigenvalue weighted by Gasteiger charge is -2.33. The molecule has 0 fully saturated rings. The van der Waals surface area contributed by atoms with Crippen LogP contribution in [0.5, 0.6) is 0 Å². The summed E-state index contributed by atoms with van der Waals surface area (Å²) in [7, 11) is 0. The summed E-state index contributed by atoms with van der Waals surface area (Å²) in [4.78, 5) is 13.6. The molecule has 1 aromatic heterocycles. The maximum absolute atomic E-state index is 10.1. The molecule has 36 heavy (non-hydrogen) atoms. The van der Waals surface area contributed by atoms with E-state index in [9.17, 15) is 10.5 Å². The smallest absolute Gasteiger partial charge is 0.185 e. The summed E-state index contributed by atoms with van der Waals surface area (Å²) in [5.74, 6) is 0.924. The number of aromatic nitrogens is 2. The molecule has 0 unspecified atom stereocenters. The van der Waals surface area contributed by atoms with Gasteiger partial charge in [0.15, 0.2) is 23.0 Å². The fourth-order valence-corrected chi connectivity index (χ4v) is 5.77. The maximum Gasteiger partial charge on any atom is 0.185 e. The van der Waals surface area contributed by atoms with Crippen molar-refractivity contribution in [3.8, 4) is 12.1 Å². The third-order valence-electron chi connectivity index (χ3n) is 7.27. The summed E-state index contributed by atoms with van der Waals surface area (Å²) in [5, 5.41) is 25.1. The standard InChI is InChI=1S/C30H20N6/c31-13-25-29(35-15-21-9-1-5-19-6-2-10-22(16-35)27(19)21)33-26(14-32)30(34-25)36-17-23-11-3-7-20-8-4-12-24(18-36)28(20)23/h1-12H,15-18H2. The molecular formula is C30H20N6. The fraction of sp³-hybridized carbons (Fsp3) is 0.133. The predicted octanol–water partition coefficient (Wildman–Crippen LogP) is 5.57. The minimum absolute atomic E-state index is 0.243. The third kappa shape index (κ3) is 3.02. The molecule has 0 saturated heterocycles. The van der Waals surface area contributed by atoms with Crippen LogP contribution in [-0.2, 0) is 26.2 Å². The first-order valence-corrected chi connectivity index (χ1v) is 11.9. The van der Waals surface area contributed by atoms with Crippen LogP contribution in [0.3, 0.4) is 0 Å². The predicted molar refractivity (Wildman–Crippen MR) is 139 cm³/mol. The minimum Gasteiger partial charge on any atom is -0.345 e. The average molecular weight is 465 g/mol. The van der Waals surface area contributed by atoms with E-state index in [1.807, 2.05) is 0 Å². The van der Waals surface area contributed by atoms with E-state index in [2.05, 4.69) is 94.7 Å². The van der Waals surface area contributed by atoms with Crippen molar-refractivity contribution in [1.82, 2.24) is 9.97 Å². The second-order valence-corrected chi connectivity index (χ2v) is 9.37. The Kier molecular flexibility index (Phi) is 4.43. The monoisotopic (exact) mass is 464 g/mol. The van der Waals surface area contributed by atoms with E-state index in [0.717, 1.165) is 0 Å². The van der Waals surface area contributed by atoms with Gasteiger partial charge in [-0.2, -0.15) is 10.5 Å². The Hall–Kier alpha value is -4.94. The maximum atomic E-state index is 10.1. The van der Waals surface area contributed by atoms with Crippen molar-refractivity contribution in [3.63, 3.8) is 0 Å². The molecular weight excluding hydrogens is 444 g/mol. The molecule has 7 rings (SSSR count). The Morgan fingerprint density at radius 2 is 0.861 bits per heavy atom. The van der Waals surface area contributed by atoms with Crippen LogP contribution in [0.25, 0.3) is 21.5 Å². The number of benzene rings is 4. The van der Waals surface area contributed by atoms with E-state index in [0.29, 0.717) is 37.8 Å². The summed E-state index contributed by atoms with van der Waals surface area (Å²) in [6.45, 7) is 2.45. The van der Waals surface area contributed by atoms with E-state index in [4.69, 9.17) is 9.97 Å². The molecule has 4 aromatic carbocycles. The first kappa shape index (κ1) is 20.4. The minimum atomic E-state index is 0.243. The lowest BCUT2D eigenvalue weighted by molar-refractivity contribution is 0.745. The molecule has 0 radical (unpaired) electrons. The van der Waals surface area contributed by atoms with Crippen molar-refractivity contribution in [2.45, 2.75) is 26.2 Å². The van der Waals surface area contributed by atoms with Gasteiger partial charge in [-0.1, -0.05) is 72.8 Å². The van der Waals surface area contributed by atoms with Crippen molar-refractivity contribution >= 4 is 33.2 Å². The molecule has 2 aliphatic heterocycles.